The van der Waals surface area contributed by atoms with Crippen LogP contribution in [0.25, 0.3) is 0 Å². The molecule has 2 heterocycles. The van der Waals surface area contributed by atoms with Gasteiger partial charge in [0.05, 0.1) is 36.4 Å². The van der Waals surface area contributed by atoms with Crippen molar-refractivity contribution in [3.8, 4) is 0 Å². The van der Waals surface area contributed by atoms with Gasteiger partial charge in [0.15, 0.2) is 0 Å². The number of hydrogen-bond donors (Lipinski definition) is 6. The van der Waals surface area contributed by atoms with Gasteiger partial charge >= 0.3 is 0 Å². The van der Waals surface area contributed by atoms with E-state index < -0.39 is 48.5 Å². The highest BCUT2D eigenvalue weighted by Gasteiger charge is 2.43. The number of nitrogens with zero attached hydrogens (tertiary/aromatic N) is 2. The topological polar surface area (TPSA) is 200 Å². The van der Waals surface area contributed by atoms with E-state index in [1.807, 2.05) is 24.3 Å². The van der Waals surface area contributed by atoms with Crippen LogP contribution in [0.4, 0.5) is 0 Å². The minimum absolute atomic E-state index is 0.102. The molecule has 2 aliphatic heterocycles. The Kier molecular flexibility index (Phi) is 19.8. The molecular formula is C52H78N8O8. The van der Waals surface area contributed by atoms with E-state index in [9.17, 15) is 28.8 Å². The lowest BCUT2D eigenvalue weighted by Gasteiger charge is -2.33. The summed E-state index contributed by atoms with van der Waals surface area (Å²) in [7, 11) is 3.36. The summed E-state index contributed by atoms with van der Waals surface area (Å²) < 4.78 is 12.5. The molecule has 374 valence electrons. The maximum absolute atomic E-state index is 14.3. The average Bonchev–Trinajstić information content (AvgIpc) is 4.06. The first kappa shape index (κ1) is 52.5. The fourth-order valence-electron chi connectivity index (χ4n) is 10.2. The highest BCUT2D eigenvalue weighted by Crippen LogP contribution is 2.32. The van der Waals surface area contributed by atoms with Gasteiger partial charge in [0, 0.05) is 26.3 Å². The second-order valence-electron chi connectivity index (χ2n) is 19.2. The molecule has 2 aromatic carbocycles. The molecule has 6 N–H and O–H groups in total. The number of benzene rings is 2. The second kappa shape index (κ2) is 25.6. The minimum atomic E-state index is -0.983. The summed E-state index contributed by atoms with van der Waals surface area (Å²) in [5.74, 6) is -1.66. The third-order valence-corrected chi connectivity index (χ3v) is 14.6. The molecule has 0 radical (unpaired) electrons. The van der Waals surface area contributed by atoms with E-state index in [0.29, 0.717) is 64.8 Å². The molecule has 0 saturated carbocycles. The fourth-order valence-corrected chi connectivity index (χ4v) is 10.2. The number of aryl methyl sites for hydroxylation is 2. The number of fused-ring (bicyclic) bond motifs is 2. The highest BCUT2D eigenvalue weighted by molar-refractivity contribution is 5.95. The number of ether oxygens (including phenoxy) is 2. The van der Waals surface area contributed by atoms with Crippen molar-refractivity contribution in [3.63, 3.8) is 0 Å². The van der Waals surface area contributed by atoms with Crippen molar-refractivity contribution in [2.45, 2.75) is 178 Å². The first-order valence-corrected chi connectivity index (χ1v) is 25.4. The van der Waals surface area contributed by atoms with Crippen LogP contribution in [0.1, 0.15) is 139 Å². The number of carbonyl (C=O) groups is 6. The van der Waals surface area contributed by atoms with Crippen LogP contribution < -0.4 is 31.9 Å². The summed E-state index contributed by atoms with van der Waals surface area (Å²) in [6.07, 6.45) is 9.78. The molecule has 68 heavy (non-hydrogen) atoms. The molecule has 4 aliphatic rings. The fraction of sp³-hybridized carbons (Fsp3) is 0.654. The number of likely N-dealkylation sites (N-methyl/N-ethyl adjacent to an activating group) is 2. The van der Waals surface area contributed by atoms with Crippen LogP contribution in [-0.2, 0) is 51.1 Å². The molecule has 6 amide bonds. The van der Waals surface area contributed by atoms with E-state index in [2.05, 4.69) is 56.2 Å². The Hall–Kier alpha value is -4.90. The normalized spacial score (nSPS) is 22.7. The van der Waals surface area contributed by atoms with E-state index in [1.54, 1.807) is 51.6 Å². The number of nitrogens with one attached hydrogen (secondary N) is 6. The Bertz CT molecular complexity index is 1890. The lowest BCUT2D eigenvalue weighted by Crippen LogP contribution is -2.59. The van der Waals surface area contributed by atoms with Crippen LogP contribution in [0.3, 0.4) is 0 Å². The number of unbranched alkanes of at least 4 members (excludes halogenated alkanes) is 3. The maximum atomic E-state index is 14.3. The summed E-state index contributed by atoms with van der Waals surface area (Å²) in [5.41, 5.74) is 4.76. The van der Waals surface area contributed by atoms with Crippen LogP contribution in [0.2, 0.25) is 0 Å². The predicted molar refractivity (Wildman–Crippen MR) is 260 cm³/mol. The van der Waals surface area contributed by atoms with Crippen LogP contribution in [0, 0.1) is 0 Å². The third kappa shape index (κ3) is 13.4. The average molecular weight is 943 g/mol. The summed E-state index contributed by atoms with van der Waals surface area (Å²) >= 11 is 0. The van der Waals surface area contributed by atoms with Crippen molar-refractivity contribution >= 4 is 35.4 Å². The lowest BCUT2D eigenvalue weighted by atomic mass is 9.87. The molecule has 6 rings (SSSR count). The van der Waals surface area contributed by atoms with E-state index in [-0.39, 0.29) is 47.5 Å². The molecule has 0 spiro atoms. The second-order valence-corrected chi connectivity index (χ2v) is 19.2. The van der Waals surface area contributed by atoms with Gasteiger partial charge in [-0.3, -0.25) is 28.8 Å². The maximum Gasteiger partial charge on any atom is 0.248 e. The quantitative estimate of drug-likeness (QED) is 0.0889. The van der Waals surface area contributed by atoms with Crippen molar-refractivity contribution in [3.05, 3.63) is 70.8 Å². The molecule has 4 unspecified atom stereocenters. The number of rotatable bonds is 23. The number of likely N-dealkylation sites (tertiary alicyclic amines) is 2. The molecule has 2 fully saturated rings. The predicted octanol–water partition coefficient (Wildman–Crippen LogP) is 3.91. The Labute approximate surface area is 403 Å². The molecule has 16 heteroatoms. The third-order valence-electron chi connectivity index (χ3n) is 14.6. The van der Waals surface area contributed by atoms with Crippen LogP contribution in [-0.4, -0.2) is 134 Å². The van der Waals surface area contributed by atoms with Crippen molar-refractivity contribution < 1.29 is 38.2 Å². The Morgan fingerprint density at radius 1 is 0.559 bits per heavy atom. The molecule has 10 atom stereocenters. The largest absolute Gasteiger partial charge is 0.376 e. The van der Waals surface area contributed by atoms with Gasteiger partial charge in [0.25, 0.3) is 0 Å². The van der Waals surface area contributed by atoms with Gasteiger partial charge in [-0.2, -0.15) is 0 Å². The van der Waals surface area contributed by atoms with Crippen molar-refractivity contribution in [2.75, 3.05) is 40.4 Å². The Morgan fingerprint density at radius 2 is 0.956 bits per heavy atom. The molecule has 0 bridgehead atoms. The van der Waals surface area contributed by atoms with E-state index in [1.165, 1.54) is 11.1 Å². The lowest BCUT2D eigenvalue weighted by molar-refractivity contribution is -0.145. The van der Waals surface area contributed by atoms with Gasteiger partial charge in [-0.25, -0.2) is 0 Å². The van der Waals surface area contributed by atoms with Gasteiger partial charge in [-0.1, -0.05) is 61.4 Å². The number of carbonyl (C=O) groups excluding carboxylic acids is 6. The van der Waals surface area contributed by atoms with Crippen molar-refractivity contribution in [2.24, 2.45) is 0 Å². The zero-order valence-corrected chi connectivity index (χ0v) is 41.3. The summed E-state index contributed by atoms with van der Waals surface area (Å²) in [6, 6.07) is 11.9. The van der Waals surface area contributed by atoms with Gasteiger partial charge < -0.3 is 51.2 Å². The van der Waals surface area contributed by atoms with Gasteiger partial charge in [-0.15, -0.1) is 0 Å². The first-order valence-electron chi connectivity index (χ1n) is 25.4. The zero-order chi connectivity index (χ0) is 48.7. The van der Waals surface area contributed by atoms with E-state index >= 15 is 0 Å². The molecule has 2 aromatic rings. The molecule has 2 aliphatic carbocycles. The molecule has 0 aromatic heterocycles. The Balaban J connectivity index is 0.977. The highest BCUT2D eigenvalue weighted by atomic mass is 16.5. The van der Waals surface area contributed by atoms with Crippen LogP contribution >= 0.6 is 0 Å². The number of hydrogen-bond acceptors (Lipinski definition) is 10. The number of amides is 6. The molecule has 2 saturated heterocycles. The SMILES string of the molecule is CN[C@@H](C)C(=O)N[C@H](C(=O)N1CCCC1C(=O)N[C@@H]1CCCc2ccccc21)C(C)OCCCCCCOC(C)[C@H](NC(=O)[C@H](C)NC)C(=O)N1CCCC1C(=O)N[C@@H]1CCCc2ccccc21. The standard InChI is InChI=1S/C52H78N8O8/c1-33(53-5)47(61)57-45(51(65)59-29-17-27-43(59)49(63)55-41-25-15-21-37-19-9-11-23-39(37)41)35(3)67-31-13-7-8-14-32-68-36(4)46(58-48(62)34(2)54-6)52(66)60-30-18-28-44(60)50(64)56-42-26-16-22-38-20-10-12-24-40(38)42/h9-12,19-20,23-24,33-36,41-46,53-54H,7-8,13-18,21-22,25-32H2,1-6H3,(H,55,63)(H,56,64)(H,57,61)(H,58,62)/t33-,34-,35?,36?,41+,42+,43?,44?,45-,46-/m0/s1. The summed E-state index contributed by atoms with van der Waals surface area (Å²) in [6.45, 7) is 8.56. The summed E-state index contributed by atoms with van der Waals surface area (Å²) in [5, 5.41) is 18.2. The van der Waals surface area contributed by atoms with E-state index in [4.69, 9.17) is 9.47 Å². The molecular weight excluding hydrogens is 865 g/mol. The van der Waals surface area contributed by atoms with Crippen molar-refractivity contribution in [1.29, 1.82) is 0 Å². The van der Waals surface area contributed by atoms with Crippen LogP contribution in [0.15, 0.2) is 48.5 Å². The monoisotopic (exact) mass is 943 g/mol. The van der Waals surface area contributed by atoms with Crippen LogP contribution in [0.5, 0.6) is 0 Å². The minimum Gasteiger partial charge on any atom is -0.376 e. The molecule has 16 nitrogen and oxygen atoms in total. The van der Waals surface area contributed by atoms with E-state index in [0.717, 1.165) is 62.5 Å². The summed E-state index contributed by atoms with van der Waals surface area (Å²) in [4.78, 5) is 85.7. The van der Waals surface area contributed by atoms with Gasteiger partial charge in [0.1, 0.15) is 24.2 Å². The first-order chi connectivity index (χ1) is 32.8. The Morgan fingerprint density at radius 3 is 1.35 bits per heavy atom. The van der Waals surface area contributed by atoms with Gasteiger partial charge in [-0.05, 0) is 141 Å². The van der Waals surface area contributed by atoms with Gasteiger partial charge in [0.2, 0.25) is 35.4 Å². The zero-order valence-electron chi connectivity index (χ0n) is 41.3. The van der Waals surface area contributed by atoms with Crippen molar-refractivity contribution in [1.82, 2.24) is 41.7 Å². The smallest absolute Gasteiger partial charge is 0.248 e.